The van der Waals surface area contributed by atoms with Crippen molar-refractivity contribution in [3.8, 4) is 0 Å². The first kappa shape index (κ1) is 13.0. The highest BCUT2D eigenvalue weighted by atomic mass is 16.4. The van der Waals surface area contributed by atoms with Crippen LogP contribution in [0.3, 0.4) is 0 Å². The van der Waals surface area contributed by atoms with E-state index in [1.54, 1.807) is 0 Å². The molecule has 0 aliphatic rings. The SMILES string of the molecule is C/C(=C\C(=O)Nc1cc(C)ccc1C)C(=O)O. The highest BCUT2D eigenvalue weighted by Crippen LogP contribution is 2.16. The van der Waals surface area contributed by atoms with Crippen LogP contribution in [0.15, 0.2) is 29.8 Å². The van der Waals surface area contributed by atoms with Gasteiger partial charge in [-0.05, 0) is 38.0 Å². The van der Waals surface area contributed by atoms with Crippen LogP contribution in [0.5, 0.6) is 0 Å². The minimum absolute atomic E-state index is 0.00723. The van der Waals surface area contributed by atoms with Crippen molar-refractivity contribution in [3.05, 3.63) is 41.0 Å². The van der Waals surface area contributed by atoms with Gasteiger partial charge in [-0.3, -0.25) is 4.79 Å². The van der Waals surface area contributed by atoms with Gasteiger partial charge in [-0.1, -0.05) is 12.1 Å². The topological polar surface area (TPSA) is 66.4 Å². The minimum atomic E-state index is -1.10. The molecule has 0 unspecified atom stereocenters. The molecule has 90 valence electrons. The Balaban J connectivity index is 2.85. The Kier molecular flexibility index (Phi) is 4.04. The second-order valence-corrected chi connectivity index (χ2v) is 3.94. The van der Waals surface area contributed by atoms with Gasteiger partial charge in [0.25, 0.3) is 0 Å². The van der Waals surface area contributed by atoms with E-state index in [1.165, 1.54) is 6.92 Å². The number of carbonyl (C=O) groups excluding carboxylic acids is 1. The predicted molar refractivity (Wildman–Crippen MR) is 65.9 cm³/mol. The van der Waals surface area contributed by atoms with Gasteiger partial charge in [-0.25, -0.2) is 4.79 Å². The Bertz CT molecular complexity index is 489. The first-order valence-electron chi connectivity index (χ1n) is 5.20. The Morgan fingerprint density at radius 1 is 1.29 bits per heavy atom. The van der Waals surface area contributed by atoms with Gasteiger partial charge in [0, 0.05) is 17.3 Å². The lowest BCUT2D eigenvalue weighted by atomic mass is 10.1. The molecular weight excluding hydrogens is 218 g/mol. The maximum Gasteiger partial charge on any atom is 0.331 e. The van der Waals surface area contributed by atoms with E-state index in [2.05, 4.69) is 5.32 Å². The van der Waals surface area contributed by atoms with Crippen LogP contribution in [-0.2, 0) is 9.59 Å². The van der Waals surface area contributed by atoms with Crippen molar-refractivity contribution >= 4 is 17.6 Å². The first-order chi connectivity index (χ1) is 7.90. The molecular formula is C13H15NO3. The number of rotatable bonds is 3. The lowest BCUT2D eigenvalue weighted by Crippen LogP contribution is -2.11. The number of benzene rings is 1. The quantitative estimate of drug-likeness (QED) is 0.787. The molecule has 0 atom stereocenters. The average Bonchev–Trinajstić information content (AvgIpc) is 2.23. The molecule has 1 amide bonds. The third kappa shape index (κ3) is 3.75. The first-order valence-corrected chi connectivity index (χ1v) is 5.20. The van der Waals surface area contributed by atoms with Crippen LogP contribution in [0.25, 0.3) is 0 Å². The molecule has 1 rings (SSSR count). The van der Waals surface area contributed by atoms with Gasteiger partial charge in [0.05, 0.1) is 0 Å². The Labute approximate surface area is 100.0 Å². The number of amides is 1. The average molecular weight is 233 g/mol. The highest BCUT2D eigenvalue weighted by molar-refractivity contribution is 6.04. The van der Waals surface area contributed by atoms with Crippen molar-refractivity contribution in [2.75, 3.05) is 5.32 Å². The fraction of sp³-hybridized carbons (Fsp3) is 0.231. The van der Waals surface area contributed by atoms with Crippen LogP contribution in [-0.4, -0.2) is 17.0 Å². The summed E-state index contributed by atoms with van der Waals surface area (Å²) in [6, 6.07) is 5.69. The Morgan fingerprint density at radius 3 is 2.53 bits per heavy atom. The number of carbonyl (C=O) groups is 2. The summed E-state index contributed by atoms with van der Waals surface area (Å²) in [5.74, 6) is -1.53. The number of aliphatic carboxylic acids is 1. The largest absolute Gasteiger partial charge is 0.478 e. The van der Waals surface area contributed by atoms with Gasteiger partial charge in [0.15, 0.2) is 0 Å². The zero-order valence-corrected chi connectivity index (χ0v) is 10.1. The number of hydrogen-bond donors (Lipinski definition) is 2. The second kappa shape index (κ2) is 5.30. The molecule has 0 heterocycles. The molecule has 1 aromatic rings. The van der Waals surface area contributed by atoms with E-state index in [1.807, 2.05) is 32.0 Å². The van der Waals surface area contributed by atoms with Crippen LogP contribution in [0, 0.1) is 13.8 Å². The van der Waals surface area contributed by atoms with Crippen molar-refractivity contribution in [2.24, 2.45) is 0 Å². The molecule has 4 heteroatoms. The molecule has 0 aromatic heterocycles. The molecule has 0 radical (unpaired) electrons. The number of aryl methyl sites for hydroxylation is 2. The van der Waals surface area contributed by atoms with Crippen molar-refractivity contribution in [2.45, 2.75) is 20.8 Å². The monoisotopic (exact) mass is 233 g/mol. The lowest BCUT2D eigenvalue weighted by Gasteiger charge is -2.07. The van der Waals surface area contributed by atoms with Gasteiger partial charge >= 0.3 is 5.97 Å². The van der Waals surface area contributed by atoms with Gasteiger partial charge < -0.3 is 10.4 Å². The smallest absolute Gasteiger partial charge is 0.331 e. The van der Waals surface area contributed by atoms with E-state index in [-0.39, 0.29) is 5.57 Å². The molecule has 4 nitrogen and oxygen atoms in total. The molecule has 0 aliphatic carbocycles. The van der Waals surface area contributed by atoms with E-state index in [0.717, 1.165) is 17.2 Å². The molecule has 2 N–H and O–H groups in total. The van der Waals surface area contributed by atoms with Gasteiger partial charge in [0.1, 0.15) is 0 Å². The molecule has 0 saturated carbocycles. The van der Waals surface area contributed by atoms with Crippen LogP contribution in [0.2, 0.25) is 0 Å². The number of anilines is 1. The zero-order valence-electron chi connectivity index (χ0n) is 10.1. The maximum atomic E-state index is 11.5. The number of hydrogen-bond acceptors (Lipinski definition) is 2. The van der Waals surface area contributed by atoms with Crippen molar-refractivity contribution in [3.63, 3.8) is 0 Å². The summed E-state index contributed by atoms with van der Waals surface area (Å²) in [6.45, 7) is 5.18. The molecule has 0 saturated heterocycles. The van der Waals surface area contributed by atoms with Gasteiger partial charge in [0.2, 0.25) is 5.91 Å². The molecule has 17 heavy (non-hydrogen) atoms. The maximum absolute atomic E-state index is 11.5. The fourth-order valence-corrected chi connectivity index (χ4v) is 1.30. The van der Waals surface area contributed by atoms with E-state index in [9.17, 15) is 9.59 Å². The molecule has 0 spiro atoms. The summed E-state index contributed by atoms with van der Waals surface area (Å²) in [6.07, 6.45) is 1.07. The minimum Gasteiger partial charge on any atom is -0.478 e. The molecule has 0 aliphatic heterocycles. The van der Waals surface area contributed by atoms with Crippen molar-refractivity contribution in [1.29, 1.82) is 0 Å². The second-order valence-electron chi connectivity index (χ2n) is 3.94. The molecule has 1 aromatic carbocycles. The number of carboxylic acids is 1. The highest BCUT2D eigenvalue weighted by Gasteiger charge is 2.06. The Morgan fingerprint density at radius 2 is 1.94 bits per heavy atom. The lowest BCUT2D eigenvalue weighted by molar-refractivity contribution is -0.132. The van der Waals surface area contributed by atoms with Crippen LogP contribution >= 0.6 is 0 Å². The summed E-state index contributed by atoms with van der Waals surface area (Å²) >= 11 is 0. The zero-order chi connectivity index (χ0) is 13.0. The van der Waals surface area contributed by atoms with Crippen LogP contribution in [0.4, 0.5) is 5.69 Å². The molecule has 0 fully saturated rings. The fourth-order valence-electron chi connectivity index (χ4n) is 1.30. The summed E-state index contributed by atoms with van der Waals surface area (Å²) < 4.78 is 0. The third-order valence-electron chi connectivity index (χ3n) is 2.34. The summed E-state index contributed by atoms with van der Waals surface area (Å²) in [5.41, 5.74) is 2.67. The third-order valence-corrected chi connectivity index (χ3v) is 2.34. The summed E-state index contributed by atoms with van der Waals surface area (Å²) in [4.78, 5) is 22.1. The van der Waals surface area contributed by atoms with Crippen molar-refractivity contribution in [1.82, 2.24) is 0 Å². The van der Waals surface area contributed by atoms with E-state index in [4.69, 9.17) is 5.11 Å². The summed E-state index contributed by atoms with van der Waals surface area (Å²) in [5, 5.41) is 11.3. The van der Waals surface area contributed by atoms with Crippen LogP contribution in [0.1, 0.15) is 18.1 Å². The van der Waals surface area contributed by atoms with E-state index in [0.29, 0.717) is 5.69 Å². The van der Waals surface area contributed by atoms with Gasteiger partial charge in [-0.2, -0.15) is 0 Å². The predicted octanol–water partition coefficient (Wildman–Crippen LogP) is 2.27. The van der Waals surface area contributed by atoms with Crippen molar-refractivity contribution < 1.29 is 14.7 Å². The number of carboxylic acid groups (broad SMARTS) is 1. The van der Waals surface area contributed by atoms with E-state index < -0.39 is 11.9 Å². The Hall–Kier alpha value is -2.10. The van der Waals surface area contributed by atoms with Gasteiger partial charge in [-0.15, -0.1) is 0 Å². The van der Waals surface area contributed by atoms with E-state index >= 15 is 0 Å². The van der Waals surface area contributed by atoms with Crippen LogP contribution < -0.4 is 5.32 Å². The normalized spacial score (nSPS) is 11.1. The molecule has 0 bridgehead atoms. The number of nitrogens with one attached hydrogen (secondary N) is 1. The standard InChI is InChI=1S/C13H15NO3/c1-8-4-5-9(2)11(6-8)14-12(15)7-10(3)13(16)17/h4-7H,1-3H3,(H,14,15)(H,16,17)/b10-7+. The summed E-state index contributed by atoms with van der Waals surface area (Å²) in [7, 11) is 0.